The molecule has 1 heterocycles. The van der Waals surface area contributed by atoms with E-state index in [1.165, 1.54) is 28.8 Å². The number of aromatic carboxylic acids is 1. The topological polar surface area (TPSA) is 95.9 Å². The van der Waals surface area contributed by atoms with E-state index < -0.39 is 5.97 Å². The predicted octanol–water partition coefficient (Wildman–Crippen LogP) is 4.01. The van der Waals surface area contributed by atoms with Gasteiger partial charge in [-0.2, -0.15) is 0 Å². The van der Waals surface area contributed by atoms with Crippen molar-refractivity contribution in [3.05, 3.63) is 64.6 Å². The van der Waals surface area contributed by atoms with E-state index in [4.69, 9.17) is 22.1 Å². The van der Waals surface area contributed by atoms with Gasteiger partial charge in [0.25, 0.3) is 5.91 Å². The first-order chi connectivity index (χ1) is 14.9. The summed E-state index contributed by atoms with van der Waals surface area (Å²) in [7, 11) is 1.59. The van der Waals surface area contributed by atoms with Crippen LogP contribution in [0.1, 0.15) is 28.8 Å². The standard InChI is InChI=1S/C22H20N2O5S2/c1-29-17-9-7-14(8-10-17)12-18-20(26)24(22(30)31-18)11-3-6-19(25)23-16-5-2-4-15(13-16)21(27)28/h2,4-5,7-10,12-13H,3,6,11H2,1H3,(H,23,25)(H,27,28)/b18-12+. The van der Waals surface area contributed by atoms with Gasteiger partial charge in [-0.05, 0) is 48.4 Å². The molecule has 31 heavy (non-hydrogen) atoms. The molecule has 0 aromatic heterocycles. The maximum absolute atomic E-state index is 12.7. The Morgan fingerprint density at radius 1 is 1.23 bits per heavy atom. The lowest BCUT2D eigenvalue weighted by Gasteiger charge is -2.14. The number of carbonyl (C=O) groups excluding carboxylic acids is 2. The highest BCUT2D eigenvalue weighted by Gasteiger charge is 2.31. The Morgan fingerprint density at radius 3 is 2.65 bits per heavy atom. The van der Waals surface area contributed by atoms with Gasteiger partial charge in [0, 0.05) is 18.7 Å². The Bertz CT molecular complexity index is 1050. The first-order valence-corrected chi connectivity index (χ1v) is 10.6. The Kier molecular flexibility index (Phi) is 7.43. The van der Waals surface area contributed by atoms with Crippen molar-refractivity contribution < 1.29 is 24.2 Å². The second kappa shape index (κ2) is 10.2. The lowest BCUT2D eigenvalue weighted by Crippen LogP contribution is -2.29. The lowest BCUT2D eigenvalue weighted by atomic mass is 10.2. The molecule has 9 heteroatoms. The highest BCUT2D eigenvalue weighted by atomic mass is 32.2. The molecule has 1 aliphatic heterocycles. The zero-order valence-corrected chi connectivity index (χ0v) is 18.3. The van der Waals surface area contributed by atoms with Gasteiger partial charge >= 0.3 is 5.97 Å². The number of rotatable bonds is 8. The molecule has 2 aromatic rings. The van der Waals surface area contributed by atoms with E-state index in [1.807, 2.05) is 24.3 Å². The van der Waals surface area contributed by atoms with Crippen LogP contribution >= 0.6 is 24.0 Å². The molecule has 1 saturated heterocycles. The lowest BCUT2D eigenvalue weighted by molar-refractivity contribution is -0.122. The number of nitrogens with one attached hydrogen (secondary N) is 1. The first kappa shape index (κ1) is 22.5. The SMILES string of the molecule is COc1ccc(/C=C2/SC(=S)N(CCCC(=O)Nc3cccc(C(=O)O)c3)C2=O)cc1. The zero-order chi connectivity index (χ0) is 22.4. The van der Waals surface area contributed by atoms with Gasteiger partial charge in [-0.25, -0.2) is 4.79 Å². The Balaban J connectivity index is 1.53. The highest BCUT2D eigenvalue weighted by Crippen LogP contribution is 2.33. The molecule has 0 bridgehead atoms. The second-order valence-corrected chi connectivity index (χ2v) is 8.32. The second-order valence-electron chi connectivity index (χ2n) is 6.64. The summed E-state index contributed by atoms with van der Waals surface area (Å²) >= 11 is 6.56. The third-order valence-corrected chi connectivity index (χ3v) is 5.84. The molecule has 1 aliphatic rings. The molecule has 0 atom stereocenters. The normalized spacial score (nSPS) is 14.7. The number of amides is 2. The van der Waals surface area contributed by atoms with Crippen LogP contribution in [-0.2, 0) is 9.59 Å². The van der Waals surface area contributed by atoms with Crippen LogP contribution < -0.4 is 10.1 Å². The number of carbonyl (C=O) groups is 3. The van der Waals surface area contributed by atoms with Crippen LogP contribution in [0.5, 0.6) is 5.75 Å². The third kappa shape index (κ3) is 5.93. The summed E-state index contributed by atoms with van der Waals surface area (Å²) in [6, 6.07) is 13.4. The van der Waals surface area contributed by atoms with Gasteiger partial charge in [-0.1, -0.05) is 42.2 Å². The van der Waals surface area contributed by atoms with Crippen molar-refractivity contribution >= 4 is 57.8 Å². The van der Waals surface area contributed by atoms with Gasteiger partial charge in [-0.3, -0.25) is 14.5 Å². The van der Waals surface area contributed by atoms with E-state index in [0.717, 1.165) is 11.3 Å². The number of carboxylic acids is 1. The van der Waals surface area contributed by atoms with Gasteiger partial charge in [0.2, 0.25) is 5.91 Å². The van der Waals surface area contributed by atoms with Crippen molar-refractivity contribution in [1.82, 2.24) is 4.90 Å². The Morgan fingerprint density at radius 2 is 1.97 bits per heavy atom. The number of anilines is 1. The van der Waals surface area contributed by atoms with E-state index in [9.17, 15) is 14.4 Å². The van der Waals surface area contributed by atoms with Crippen LogP contribution in [0, 0.1) is 0 Å². The fraction of sp³-hybridized carbons (Fsp3) is 0.182. The molecule has 0 unspecified atom stereocenters. The molecule has 2 amide bonds. The van der Waals surface area contributed by atoms with Gasteiger partial charge in [0.05, 0.1) is 17.6 Å². The molecule has 2 N–H and O–H groups in total. The largest absolute Gasteiger partial charge is 0.497 e. The van der Waals surface area contributed by atoms with Crippen LogP contribution in [-0.4, -0.2) is 45.8 Å². The molecule has 1 fully saturated rings. The average molecular weight is 457 g/mol. The van der Waals surface area contributed by atoms with Crippen molar-refractivity contribution in [2.24, 2.45) is 0 Å². The third-order valence-electron chi connectivity index (χ3n) is 4.47. The summed E-state index contributed by atoms with van der Waals surface area (Å²) in [5, 5.41) is 11.7. The fourth-order valence-electron chi connectivity index (χ4n) is 2.90. The minimum atomic E-state index is -1.06. The summed E-state index contributed by atoms with van der Waals surface area (Å²) in [6.07, 6.45) is 2.37. The molecule has 2 aromatic carbocycles. The van der Waals surface area contributed by atoms with Crippen molar-refractivity contribution in [1.29, 1.82) is 0 Å². The molecule has 0 saturated carbocycles. The zero-order valence-electron chi connectivity index (χ0n) is 16.7. The maximum atomic E-state index is 12.7. The maximum Gasteiger partial charge on any atom is 0.335 e. The molecule has 160 valence electrons. The van der Waals surface area contributed by atoms with Crippen LogP contribution in [0.3, 0.4) is 0 Å². The predicted molar refractivity (Wildman–Crippen MR) is 124 cm³/mol. The number of hydrogen-bond acceptors (Lipinski definition) is 6. The van der Waals surface area contributed by atoms with Gasteiger partial charge in [-0.15, -0.1) is 0 Å². The summed E-state index contributed by atoms with van der Waals surface area (Å²) in [4.78, 5) is 37.9. The number of carboxylic acid groups (broad SMARTS) is 1. The molecule has 0 spiro atoms. The van der Waals surface area contributed by atoms with E-state index in [2.05, 4.69) is 5.32 Å². The number of thioether (sulfide) groups is 1. The van der Waals surface area contributed by atoms with E-state index in [1.54, 1.807) is 25.3 Å². The molecule has 0 radical (unpaired) electrons. The minimum Gasteiger partial charge on any atom is -0.497 e. The molecule has 7 nitrogen and oxygen atoms in total. The van der Waals surface area contributed by atoms with Crippen LogP contribution in [0.4, 0.5) is 5.69 Å². The van der Waals surface area contributed by atoms with E-state index in [0.29, 0.717) is 27.9 Å². The van der Waals surface area contributed by atoms with E-state index >= 15 is 0 Å². The molecular formula is C22H20N2O5S2. The van der Waals surface area contributed by atoms with Crippen molar-refractivity contribution in [2.45, 2.75) is 12.8 Å². The number of benzene rings is 2. The van der Waals surface area contributed by atoms with Crippen LogP contribution in [0.15, 0.2) is 53.4 Å². The fourth-order valence-corrected chi connectivity index (χ4v) is 4.20. The smallest absolute Gasteiger partial charge is 0.335 e. The van der Waals surface area contributed by atoms with Gasteiger partial charge in [0.15, 0.2) is 0 Å². The quantitative estimate of drug-likeness (QED) is 0.458. The summed E-state index contributed by atoms with van der Waals surface area (Å²) in [5.74, 6) is -0.770. The van der Waals surface area contributed by atoms with Crippen molar-refractivity contribution in [3.63, 3.8) is 0 Å². The van der Waals surface area contributed by atoms with Gasteiger partial charge < -0.3 is 15.2 Å². The number of thiocarbonyl (C=S) groups is 1. The summed E-state index contributed by atoms with van der Waals surface area (Å²) < 4.78 is 5.59. The Labute approximate surface area is 189 Å². The average Bonchev–Trinajstić information content (AvgIpc) is 3.01. The molecule has 0 aliphatic carbocycles. The number of ether oxygens (including phenoxy) is 1. The van der Waals surface area contributed by atoms with Crippen molar-refractivity contribution in [3.8, 4) is 5.75 Å². The summed E-state index contributed by atoms with van der Waals surface area (Å²) in [5.41, 5.74) is 1.38. The van der Waals surface area contributed by atoms with Crippen LogP contribution in [0.25, 0.3) is 6.08 Å². The van der Waals surface area contributed by atoms with Crippen molar-refractivity contribution in [2.75, 3.05) is 19.0 Å². The van der Waals surface area contributed by atoms with Crippen LogP contribution in [0.2, 0.25) is 0 Å². The Hall–Kier alpha value is -3.17. The first-order valence-electron chi connectivity index (χ1n) is 9.40. The highest BCUT2D eigenvalue weighted by molar-refractivity contribution is 8.26. The molecular weight excluding hydrogens is 436 g/mol. The summed E-state index contributed by atoms with van der Waals surface area (Å²) in [6.45, 7) is 0.327. The number of hydrogen-bond donors (Lipinski definition) is 2. The monoisotopic (exact) mass is 456 g/mol. The minimum absolute atomic E-state index is 0.0963. The number of nitrogens with zero attached hydrogens (tertiary/aromatic N) is 1. The van der Waals surface area contributed by atoms with Gasteiger partial charge in [0.1, 0.15) is 10.1 Å². The number of methoxy groups -OCH3 is 1. The van der Waals surface area contributed by atoms with E-state index in [-0.39, 0.29) is 23.8 Å². The molecule has 3 rings (SSSR count).